The first-order valence-electron chi connectivity index (χ1n) is 14.0. The summed E-state index contributed by atoms with van der Waals surface area (Å²) in [7, 11) is 3.26. The molecule has 0 saturated carbocycles. The molecule has 1 aliphatic rings. The molecule has 1 heterocycles. The number of piperazine rings is 1. The first kappa shape index (κ1) is 30.1. The Morgan fingerprint density at radius 3 is 2.37 bits per heavy atom. The predicted octanol–water partition coefficient (Wildman–Crippen LogP) is 2.93. The number of benzene rings is 3. The van der Waals surface area contributed by atoms with E-state index in [2.05, 4.69) is 45.9 Å². The molecule has 2 N–H and O–H groups in total. The number of nitrogens with one attached hydrogen (secondary N) is 2. The molecule has 1 fully saturated rings. The lowest BCUT2D eigenvalue weighted by atomic mass is 9.97. The predicted molar refractivity (Wildman–Crippen MR) is 157 cm³/mol. The van der Waals surface area contributed by atoms with Gasteiger partial charge in [0.05, 0.1) is 6.04 Å². The molecule has 3 amide bonds. The average molecular weight is 563 g/mol. The van der Waals surface area contributed by atoms with Gasteiger partial charge in [0.25, 0.3) is 0 Å². The van der Waals surface area contributed by atoms with E-state index in [0.717, 1.165) is 21.9 Å². The van der Waals surface area contributed by atoms with Gasteiger partial charge in [-0.1, -0.05) is 54.6 Å². The molecule has 0 aliphatic carbocycles. The molecule has 4 rings (SSSR count). The Kier molecular flexibility index (Phi) is 10.4. The zero-order valence-electron chi connectivity index (χ0n) is 23.9. The molecule has 0 spiro atoms. The zero-order valence-corrected chi connectivity index (χ0v) is 23.9. The maximum atomic E-state index is 13.9. The third-order valence-corrected chi connectivity index (χ3v) is 7.71. The van der Waals surface area contributed by atoms with Gasteiger partial charge in [-0.25, -0.2) is 4.39 Å². The minimum Gasteiger partial charge on any atom is -0.385 e. The number of amides is 3. The number of ether oxygens (including phenoxy) is 1. The molecule has 9 heteroatoms. The van der Waals surface area contributed by atoms with E-state index in [1.807, 2.05) is 12.1 Å². The fourth-order valence-corrected chi connectivity index (χ4v) is 5.60. The van der Waals surface area contributed by atoms with Crippen LogP contribution in [0, 0.1) is 5.82 Å². The third-order valence-electron chi connectivity index (χ3n) is 7.71. The van der Waals surface area contributed by atoms with E-state index >= 15 is 0 Å². The van der Waals surface area contributed by atoms with Crippen molar-refractivity contribution >= 4 is 28.5 Å². The molecule has 1 aliphatic heterocycles. The van der Waals surface area contributed by atoms with Crippen LogP contribution in [0.3, 0.4) is 0 Å². The SMILES string of the molecule is CNC(=O)C(Cc1ccc2ccccc2c1)N1CCN(C(=O)C(Cc2ccc(F)cc2)NC(C)=O)C(CCOC)C1. The molecule has 3 atom stereocenters. The molecule has 0 aromatic heterocycles. The van der Waals surface area contributed by atoms with Crippen LogP contribution in [0.5, 0.6) is 0 Å². The van der Waals surface area contributed by atoms with Crippen LogP contribution in [0.1, 0.15) is 24.5 Å². The molecule has 8 nitrogen and oxygen atoms in total. The van der Waals surface area contributed by atoms with E-state index in [0.29, 0.717) is 39.1 Å². The van der Waals surface area contributed by atoms with Crippen molar-refractivity contribution in [2.24, 2.45) is 0 Å². The number of methoxy groups -OCH3 is 1. The average Bonchev–Trinajstić information content (AvgIpc) is 2.98. The van der Waals surface area contributed by atoms with Crippen molar-refractivity contribution in [2.45, 2.75) is 44.3 Å². The summed E-state index contributed by atoms with van der Waals surface area (Å²) < 4.78 is 18.8. The van der Waals surface area contributed by atoms with Gasteiger partial charge in [0, 0.05) is 59.8 Å². The fraction of sp³-hybridized carbons (Fsp3) is 0.406. The highest BCUT2D eigenvalue weighted by Crippen LogP contribution is 2.22. The summed E-state index contributed by atoms with van der Waals surface area (Å²) in [4.78, 5) is 43.0. The molecule has 0 radical (unpaired) electrons. The van der Waals surface area contributed by atoms with Crippen LogP contribution >= 0.6 is 0 Å². The topological polar surface area (TPSA) is 91.0 Å². The summed E-state index contributed by atoms with van der Waals surface area (Å²) in [6.45, 7) is 3.22. The standard InChI is InChI=1S/C32H39FN4O4/c1-22(38)35-29(19-23-9-12-27(33)13-10-23)32(40)37-16-15-36(21-28(37)14-17-41-3)30(31(39)34-2)20-24-8-11-25-6-4-5-7-26(25)18-24/h4-13,18,28-30H,14-17,19-21H2,1-3H3,(H,34,39)(H,35,38). The lowest BCUT2D eigenvalue weighted by Crippen LogP contribution is -2.63. The van der Waals surface area contributed by atoms with Crippen LogP contribution in [0.15, 0.2) is 66.7 Å². The van der Waals surface area contributed by atoms with E-state index in [1.54, 1.807) is 31.2 Å². The van der Waals surface area contributed by atoms with Gasteiger partial charge in [0.2, 0.25) is 17.7 Å². The maximum absolute atomic E-state index is 13.9. The lowest BCUT2D eigenvalue weighted by molar-refractivity contribution is -0.142. The fourth-order valence-electron chi connectivity index (χ4n) is 5.60. The first-order valence-corrected chi connectivity index (χ1v) is 14.0. The van der Waals surface area contributed by atoms with E-state index in [9.17, 15) is 18.8 Å². The maximum Gasteiger partial charge on any atom is 0.245 e. The molecule has 3 aromatic rings. The van der Waals surface area contributed by atoms with Crippen molar-refractivity contribution in [2.75, 3.05) is 40.4 Å². The largest absolute Gasteiger partial charge is 0.385 e. The summed E-state index contributed by atoms with van der Waals surface area (Å²) >= 11 is 0. The molecule has 3 aromatic carbocycles. The number of halogens is 1. The molecular weight excluding hydrogens is 523 g/mol. The molecule has 3 unspecified atom stereocenters. The van der Waals surface area contributed by atoms with Gasteiger partial charge in [-0.2, -0.15) is 0 Å². The van der Waals surface area contributed by atoms with Crippen LogP contribution < -0.4 is 10.6 Å². The smallest absolute Gasteiger partial charge is 0.245 e. The van der Waals surface area contributed by atoms with Gasteiger partial charge in [0.1, 0.15) is 11.9 Å². The quantitative estimate of drug-likeness (QED) is 0.375. The summed E-state index contributed by atoms with van der Waals surface area (Å²) in [5, 5.41) is 7.89. The van der Waals surface area contributed by atoms with Crippen molar-refractivity contribution in [3.05, 3.63) is 83.7 Å². The lowest BCUT2D eigenvalue weighted by Gasteiger charge is -2.45. The van der Waals surface area contributed by atoms with Crippen LogP contribution in [-0.2, 0) is 32.0 Å². The van der Waals surface area contributed by atoms with E-state index in [1.165, 1.54) is 19.1 Å². The van der Waals surface area contributed by atoms with Crippen LogP contribution in [0.4, 0.5) is 4.39 Å². The first-order chi connectivity index (χ1) is 19.8. The Hall–Kier alpha value is -3.82. The number of hydrogen-bond donors (Lipinski definition) is 2. The molecule has 1 saturated heterocycles. The van der Waals surface area contributed by atoms with Crippen LogP contribution in [0.2, 0.25) is 0 Å². The summed E-state index contributed by atoms with van der Waals surface area (Å²) in [5.74, 6) is -0.943. The summed E-state index contributed by atoms with van der Waals surface area (Å²) in [5.41, 5.74) is 1.81. The summed E-state index contributed by atoms with van der Waals surface area (Å²) in [6.07, 6.45) is 1.37. The van der Waals surface area contributed by atoms with Crippen molar-refractivity contribution in [3.8, 4) is 0 Å². The van der Waals surface area contributed by atoms with Crippen molar-refractivity contribution < 1.29 is 23.5 Å². The Labute approximate surface area is 240 Å². The number of rotatable bonds is 11. The van der Waals surface area contributed by atoms with E-state index < -0.39 is 12.1 Å². The van der Waals surface area contributed by atoms with Gasteiger partial charge in [-0.3, -0.25) is 19.3 Å². The van der Waals surface area contributed by atoms with Gasteiger partial charge in [0.15, 0.2) is 0 Å². The van der Waals surface area contributed by atoms with Crippen molar-refractivity contribution in [1.82, 2.24) is 20.4 Å². The normalized spacial score (nSPS) is 17.2. The Balaban J connectivity index is 1.54. The summed E-state index contributed by atoms with van der Waals surface area (Å²) in [6, 6.07) is 18.9. The van der Waals surface area contributed by atoms with E-state index in [4.69, 9.17) is 4.74 Å². The van der Waals surface area contributed by atoms with Gasteiger partial charge in [-0.15, -0.1) is 0 Å². The van der Waals surface area contributed by atoms with Crippen molar-refractivity contribution in [1.29, 1.82) is 0 Å². The van der Waals surface area contributed by atoms with Crippen molar-refractivity contribution in [3.63, 3.8) is 0 Å². The molecule has 218 valence electrons. The Bertz CT molecular complexity index is 1350. The van der Waals surface area contributed by atoms with Gasteiger partial charge in [-0.05, 0) is 46.9 Å². The highest BCUT2D eigenvalue weighted by molar-refractivity contribution is 5.88. The van der Waals surface area contributed by atoms with E-state index in [-0.39, 0.29) is 36.0 Å². The van der Waals surface area contributed by atoms with Crippen LogP contribution in [0.25, 0.3) is 10.8 Å². The molecular formula is C32H39FN4O4. The highest BCUT2D eigenvalue weighted by Gasteiger charge is 2.38. The second-order valence-corrected chi connectivity index (χ2v) is 10.6. The van der Waals surface area contributed by atoms with Crippen LogP contribution in [-0.4, -0.2) is 86.0 Å². The number of nitrogens with zero attached hydrogens (tertiary/aromatic N) is 2. The number of hydrogen-bond acceptors (Lipinski definition) is 5. The third kappa shape index (κ3) is 7.89. The highest BCUT2D eigenvalue weighted by atomic mass is 19.1. The monoisotopic (exact) mass is 562 g/mol. The minimum absolute atomic E-state index is 0.0733. The number of carbonyl (C=O) groups excluding carboxylic acids is 3. The zero-order chi connectivity index (χ0) is 29.4. The number of fused-ring (bicyclic) bond motifs is 1. The molecule has 41 heavy (non-hydrogen) atoms. The number of carbonyl (C=O) groups is 3. The second kappa shape index (κ2) is 14.2. The number of likely N-dealkylation sites (N-methyl/N-ethyl adjacent to an activating group) is 1. The Morgan fingerprint density at radius 2 is 1.68 bits per heavy atom. The van der Waals surface area contributed by atoms with Gasteiger partial charge < -0.3 is 20.3 Å². The molecule has 0 bridgehead atoms. The second-order valence-electron chi connectivity index (χ2n) is 10.6. The Morgan fingerprint density at radius 1 is 0.976 bits per heavy atom. The minimum atomic E-state index is -0.790. The van der Waals surface area contributed by atoms with Gasteiger partial charge >= 0.3 is 0 Å².